The minimum Gasteiger partial charge on any atom is -0.477 e. The number of halogens is 1. The van der Waals surface area contributed by atoms with E-state index < -0.39 is 21.8 Å². The van der Waals surface area contributed by atoms with E-state index in [0.29, 0.717) is 30.4 Å². The summed E-state index contributed by atoms with van der Waals surface area (Å²) >= 11 is 0. The van der Waals surface area contributed by atoms with Crippen LogP contribution in [0.15, 0.2) is 30.3 Å². The summed E-state index contributed by atoms with van der Waals surface area (Å²) < 4.78 is 44.8. The molecule has 1 atom stereocenters. The quantitative estimate of drug-likeness (QED) is 0.611. The molecule has 162 valence electrons. The van der Waals surface area contributed by atoms with Crippen molar-refractivity contribution in [3.63, 3.8) is 0 Å². The first-order valence-corrected chi connectivity index (χ1v) is 11.9. The van der Waals surface area contributed by atoms with Crippen LogP contribution >= 0.6 is 0 Å². The molecule has 0 bridgehead atoms. The van der Waals surface area contributed by atoms with E-state index in [0.717, 1.165) is 17.5 Å². The SMILES string of the molecule is Cc1ccc(CCC(=O)C(C)c2ccc(NS(C)(=O)=O)c(F)c2)c(OCC2CC2)n1. The number of sulfonamides is 1. The van der Waals surface area contributed by atoms with Crippen LogP contribution in [-0.2, 0) is 21.2 Å². The molecular formula is C22H27FN2O4S. The summed E-state index contributed by atoms with van der Waals surface area (Å²) in [6, 6.07) is 7.94. The average Bonchev–Trinajstić information content (AvgIpc) is 3.50. The first-order chi connectivity index (χ1) is 14.1. The predicted molar refractivity (Wildman–Crippen MR) is 114 cm³/mol. The largest absolute Gasteiger partial charge is 0.477 e. The number of hydrogen-bond acceptors (Lipinski definition) is 5. The summed E-state index contributed by atoms with van der Waals surface area (Å²) in [5.41, 5.74) is 2.12. The van der Waals surface area contributed by atoms with E-state index in [-0.39, 0.29) is 17.9 Å². The monoisotopic (exact) mass is 434 g/mol. The van der Waals surface area contributed by atoms with Crippen LogP contribution in [0.25, 0.3) is 0 Å². The molecule has 1 heterocycles. The van der Waals surface area contributed by atoms with Crippen molar-refractivity contribution in [3.05, 3.63) is 53.0 Å². The van der Waals surface area contributed by atoms with Crippen molar-refractivity contribution in [1.82, 2.24) is 4.98 Å². The van der Waals surface area contributed by atoms with Gasteiger partial charge in [-0.05, 0) is 55.9 Å². The summed E-state index contributed by atoms with van der Waals surface area (Å²) in [6.45, 7) is 4.28. The third-order valence-electron chi connectivity index (χ3n) is 5.14. The zero-order chi connectivity index (χ0) is 21.9. The van der Waals surface area contributed by atoms with Crippen LogP contribution in [0.1, 0.15) is 48.9 Å². The Balaban J connectivity index is 1.64. The molecule has 1 N–H and O–H groups in total. The highest BCUT2D eigenvalue weighted by Gasteiger charge is 2.23. The van der Waals surface area contributed by atoms with Crippen molar-refractivity contribution >= 4 is 21.5 Å². The topological polar surface area (TPSA) is 85.4 Å². The number of Topliss-reactive ketones (excluding diaryl/α,β-unsaturated/α-hetero) is 1. The average molecular weight is 435 g/mol. The van der Waals surface area contributed by atoms with Crippen LogP contribution in [0.5, 0.6) is 5.88 Å². The summed E-state index contributed by atoms with van der Waals surface area (Å²) in [4.78, 5) is 17.2. The van der Waals surface area contributed by atoms with Crippen molar-refractivity contribution in [2.24, 2.45) is 5.92 Å². The second-order valence-electron chi connectivity index (χ2n) is 7.97. The molecule has 1 aromatic carbocycles. The van der Waals surface area contributed by atoms with Crippen LogP contribution in [0, 0.1) is 18.7 Å². The minimum atomic E-state index is -3.58. The highest BCUT2D eigenvalue weighted by molar-refractivity contribution is 7.92. The highest BCUT2D eigenvalue weighted by Crippen LogP contribution is 2.30. The van der Waals surface area contributed by atoms with E-state index >= 15 is 0 Å². The van der Waals surface area contributed by atoms with Crippen LogP contribution in [0.4, 0.5) is 10.1 Å². The lowest BCUT2D eigenvalue weighted by Gasteiger charge is -2.14. The number of ether oxygens (including phenoxy) is 1. The van der Waals surface area contributed by atoms with Crippen LogP contribution in [0.2, 0.25) is 0 Å². The van der Waals surface area contributed by atoms with Gasteiger partial charge in [0.15, 0.2) is 0 Å². The van der Waals surface area contributed by atoms with E-state index in [9.17, 15) is 17.6 Å². The Bertz CT molecular complexity index is 1040. The van der Waals surface area contributed by atoms with Crippen LogP contribution in [0.3, 0.4) is 0 Å². The number of benzene rings is 1. The van der Waals surface area contributed by atoms with E-state index in [2.05, 4.69) is 9.71 Å². The van der Waals surface area contributed by atoms with E-state index in [1.165, 1.54) is 25.0 Å². The Hall–Kier alpha value is -2.48. The number of carbonyl (C=O) groups is 1. The normalized spacial score (nSPS) is 14.9. The van der Waals surface area contributed by atoms with Gasteiger partial charge in [0.05, 0.1) is 18.6 Å². The lowest BCUT2D eigenvalue weighted by atomic mass is 9.93. The Morgan fingerprint density at radius 2 is 2.03 bits per heavy atom. The first-order valence-electron chi connectivity index (χ1n) is 10.0. The van der Waals surface area contributed by atoms with Crippen LogP contribution < -0.4 is 9.46 Å². The number of aromatic nitrogens is 1. The Morgan fingerprint density at radius 3 is 2.67 bits per heavy atom. The molecule has 0 saturated heterocycles. The third kappa shape index (κ3) is 6.26. The van der Waals surface area contributed by atoms with Gasteiger partial charge in [-0.25, -0.2) is 17.8 Å². The van der Waals surface area contributed by atoms with Gasteiger partial charge in [-0.1, -0.05) is 19.1 Å². The number of nitrogens with one attached hydrogen (secondary N) is 1. The molecule has 0 amide bonds. The fourth-order valence-electron chi connectivity index (χ4n) is 3.10. The number of nitrogens with zero attached hydrogens (tertiary/aromatic N) is 1. The summed E-state index contributed by atoms with van der Waals surface area (Å²) in [5.74, 6) is -0.0643. The number of ketones is 1. The van der Waals surface area contributed by atoms with Gasteiger partial charge < -0.3 is 4.74 Å². The molecule has 0 radical (unpaired) electrons. The van der Waals surface area contributed by atoms with Crippen molar-refractivity contribution < 1.29 is 22.3 Å². The summed E-state index contributed by atoms with van der Waals surface area (Å²) in [7, 11) is -3.58. The molecule has 8 heteroatoms. The Labute approximate surface area is 176 Å². The zero-order valence-corrected chi connectivity index (χ0v) is 18.3. The highest BCUT2D eigenvalue weighted by atomic mass is 32.2. The standard InChI is InChI=1S/C22H27FN2O4S/c1-14-4-7-17(22(24-14)29-13-16-5-6-16)9-11-21(26)15(2)18-8-10-20(19(23)12-18)25-30(3,27)28/h4,7-8,10,12,15-16,25H,5-6,9,11,13H2,1-3H3. The van der Waals surface area contributed by atoms with Crippen molar-refractivity contribution in [3.8, 4) is 5.88 Å². The molecule has 1 unspecified atom stereocenters. The van der Waals surface area contributed by atoms with Gasteiger partial charge >= 0.3 is 0 Å². The number of aryl methyl sites for hydroxylation is 2. The molecule has 1 aliphatic rings. The van der Waals surface area contributed by atoms with Crippen molar-refractivity contribution in [2.45, 2.75) is 45.4 Å². The third-order valence-corrected chi connectivity index (χ3v) is 5.73. The maximum atomic E-state index is 14.2. The lowest BCUT2D eigenvalue weighted by molar-refractivity contribution is -0.120. The van der Waals surface area contributed by atoms with Gasteiger partial charge in [0, 0.05) is 23.6 Å². The molecule has 30 heavy (non-hydrogen) atoms. The molecule has 0 aliphatic heterocycles. The van der Waals surface area contributed by atoms with Gasteiger partial charge in [0.2, 0.25) is 15.9 Å². The second-order valence-corrected chi connectivity index (χ2v) is 9.72. The maximum absolute atomic E-state index is 14.2. The van der Waals surface area contributed by atoms with E-state index in [4.69, 9.17) is 4.74 Å². The van der Waals surface area contributed by atoms with Gasteiger partial charge in [-0.2, -0.15) is 0 Å². The van der Waals surface area contributed by atoms with Gasteiger partial charge in [0.25, 0.3) is 0 Å². The number of hydrogen-bond donors (Lipinski definition) is 1. The maximum Gasteiger partial charge on any atom is 0.229 e. The lowest BCUT2D eigenvalue weighted by Crippen LogP contribution is -2.13. The molecule has 2 aromatic rings. The number of pyridine rings is 1. The predicted octanol–water partition coefficient (Wildman–Crippen LogP) is 3.99. The number of carbonyl (C=O) groups excluding carboxylic acids is 1. The first kappa shape index (κ1) is 22.2. The molecular weight excluding hydrogens is 407 g/mol. The molecule has 1 aromatic heterocycles. The second kappa shape index (κ2) is 9.12. The fraction of sp³-hybridized carbons (Fsp3) is 0.455. The molecule has 1 aliphatic carbocycles. The summed E-state index contributed by atoms with van der Waals surface area (Å²) in [5, 5.41) is 0. The molecule has 1 saturated carbocycles. The smallest absolute Gasteiger partial charge is 0.229 e. The number of rotatable bonds is 10. The van der Waals surface area contributed by atoms with Crippen molar-refractivity contribution in [1.29, 1.82) is 0 Å². The number of anilines is 1. The molecule has 3 rings (SSSR count). The molecule has 6 nitrogen and oxygen atoms in total. The van der Waals surface area contributed by atoms with Crippen molar-refractivity contribution in [2.75, 3.05) is 17.6 Å². The van der Waals surface area contributed by atoms with E-state index in [1.54, 1.807) is 13.0 Å². The molecule has 1 fully saturated rings. The Morgan fingerprint density at radius 1 is 1.30 bits per heavy atom. The zero-order valence-electron chi connectivity index (χ0n) is 17.4. The van der Waals surface area contributed by atoms with Gasteiger partial charge in [-0.3, -0.25) is 9.52 Å². The van der Waals surface area contributed by atoms with E-state index in [1.807, 2.05) is 19.1 Å². The van der Waals surface area contributed by atoms with Gasteiger partial charge in [0.1, 0.15) is 11.6 Å². The van der Waals surface area contributed by atoms with Gasteiger partial charge in [-0.15, -0.1) is 0 Å². The fourth-order valence-corrected chi connectivity index (χ4v) is 3.67. The summed E-state index contributed by atoms with van der Waals surface area (Å²) in [6.07, 6.45) is 4.09. The van der Waals surface area contributed by atoms with Crippen LogP contribution in [-0.4, -0.2) is 32.0 Å². The Kier molecular flexibility index (Phi) is 6.75. The minimum absolute atomic E-state index is 0.0352. The molecule has 0 spiro atoms.